The molecular formula is C17H23N5O3S2. The van der Waals surface area contributed by atoms with Crippen molar-refractivity contribution in [1.29, 1.82) is 0 Å². The summed E-state index contributed by atoms with van der Waals surface area (Å²) in [5.41, 5.74) is 1.45. The van der Waals surface area contributed by atoms with Gasteiger partial charge in [-0.15, -0.1) is 0 Å². The summed E-state index contributed by atoms with van der Waals surface area (Å²) >= 11 is 1.50. The number of primary sulfonamides is 1. The molecule has 2 N–H and O–H groups in total. The third-order valence-corrected chi connectivity index (χ3v) is 6.19. The number of hydrogen-bond acceptors (Lipinski definition) is 7. The van der Waals surface area contributed by atoms with E-state index in [2.05, 4.69) is 22.0 Å². The van der Waals surface area contributed by atoms with E-state index in [9.17, 15) is 8.42 Å². The third-order valence-electron chi connectivity index (χ3n) is 4.20. The minimum Gasteiger partial charge on any atom is -0.338 e. The lowest BCUT2D eigenvalue weighted by molar-refractivity contribution is 0.374. The van der Waals surface area contributed by atoms with E-state index in [1.54, 1.807) is 6.07 Å². The zero-order valence-corrected chi connectivity index (χ0v) is 17.2. The van der Waals surface area contributed by atoms with E-state index in [1.807, 2.05) is 18.4 Å². The van der Waals surface area contributed by atoms with Crippen molar-refractivity contribution in [3.8, 4) is 0 Å². The number of rotatable bonds is 8. The SMILES string of the molecule is CCCCc1noc([C@H](C)Sc2nc3cc(S(N)(=O)=O)ccc3n2CC)n1. The molecule has 0 aliphatic rings. The molecule has 0 saturated heterocycles. The summed E-state index contributed by atoms with van der Waals surface area (Å²) in [6, 6.07) is 4.73. The van der Waals surface area contributed by atoms with Crippen molar-refractivity contribution >= 4 is 32.8 Å². The molecule has 8 nitrogen and oxygen atoms in total. The number of aromatic nitrogens is 4. The van der Waals surface area contributed by atoms with Gasteiger partial charge in [0, 0.05) is 13.0 Å². The molecule has 0 amide bonds. The van der Waals surface area contributed by atoms with Gasteiger partial charge in [-0.2, -0.15) is 4.98 Å². The zero-order valence-electron chi connectivity index (χ0n) is 15.5. The Morgan fingerprint density at radius 1 is 1.30 bits per heavy atom. The van der Waals surface area contributed by atoms with Gasteiger partial charge in [0.05, 0.1) is 21.2 Å². The normalized spacial score (nSPS) is 13.3. The predicted octanol–water partition coefficient (Wildman–Crippen LogP) is 3.28. The number of benzene rings is 1. The van der Waals surface area contributed by atoms with E-state index in [0.29, 0.717) is 18.0 Å². The Labute approximate surface area is 162 Å². The molecule has 0 aliphatic heterocycles. The number of thioether (sulfide) groups is 1. The Hall–Kier alpha value is -1.91. The largest absolute Gasteiger partial charge is 0.338 e. The lowest BCUT2D eigenvalue weighted by atomic mass is 10.2. The Kier molecular flexibility index (Phi) is 5.87. The molecule has 2 heterocycles. The fourth-order valence-corrected chi connectivity index (χ4v) is 4.29. The second-order valence-corrected chi connectivity index (χ2v) is 9.12. The molecule has 146 valence electrons. The number of aryl methyl sites for hydroxylation is 2. The number of unbranched alkanes of at least 4 members (excludes halogenated alkanes) is 1. The molecule has 1 aromatic carbocycles. The highest BCUT2D eigenvalue weighted by atomic mass is 32.2. The summed E-state index contributed by atoms with van der Waals surface area (Å²) in [5, 5.41) is 9.94. The van der Waals surface area contributed by atoms with E-state index in [0.717, 1.165) is 35.8 Å². The van der Waals surface area contributed by atoms with Crippen LogP contribution in [0.15, 0.2) is 32.8 Å². The van der Waals surface area contributed by atoms with Crippen LogP contribution >= 0.6 is 11.8 Å². The van der Waals surface area contributed by atoms with Gasteiger partial charge < -0.3 is 9.09 Å². The molecule has 0 radical (unpaired) electrons. The van der Waals surface area contributed by atoms with Crippen molar-refractivity contribution in [3.63, 3.8) is 0 Å². The summed E-state index contributed by atoms with van der Waals surface area (Å²) in [6.45, 7) is 6.82. The summed E-state index contributed by atoms with van der Waals surface area (Å²) in [6.07, 6.45) is 2.91. The molecule has 0 saturated carbocycles. The average molecular weight is 410 g/mol. The second-order valence-electron chi connectivity index (χ2n) is 6.25. The van der Waals surface area contributed by atoms with Gasteiger partial charge in [-0.1, -0.05) is 30.3 Å². The Morgan fingerprint density at radius 2 is 2.07 bits per heavy atom. The summed E-state index contributed by atoms with van der Waals surface area (Å²) in [7, 11) is -3.76. The maximum atomic E-state index is 11.6. The number of nitrogens with two attached hydrogens (primary N) is 1. The third kappa shape index (κ3) is 4.33. The van der Waals surface area contributed by atoms with Gasteiger partial charge in [0.15, 0.2) is 11.0 Å². The van der Waals surface area contributed by atoms with Crippen molar-refractivity contribution < 1.29 is 12.9 Å². The number of sulfonamides is 1. The van der Waals surface area contributed by atoms with Gasteiger partial charge in [0.25, 0.3) is 0 Å². The van der Waals surface area contributed by atoms with Crippen molar-refractivity contribution in [2.45, 2.75) is 61.9 Å². The first-order chi connectivity index (χ1) is 12.8. The highest BCUT2D eigenvalue weighted by molar-refractivity contribution is 7.99. The van der Waals surface area contributed by atoms with Crippen LogP contribution in [0.2, 0.25) is 0 Å². The average Bonchev–Trinajstić information content (AvgIpc) is 3.22. The smallest absolute Gasteiger partial charge is 0.239 e. The molecule has 10 heteroatoms. The lowest BCUT2D eigenvalue weighted by Crippen LogP contribution is -2.11. The van der Waals surface area contributed by atoms with Crippen LogP contribution < -0.4 is 5.14 Å². The van der Waals surface area contributed by atoms with Crippen LogP contribution in [0.3, 0.4) is 0 Å². The van der Waals surface area contributed by atoms with Crippen LogP contribution in [0.5, 0.6) is 0 Å². The number of fused-ring (bicyclic) bond motifs is 1. The van der Waals surface area contributed by atoms with Crippen LogP contribution in [0.25, 0.3) is 11.0 Å². The summed E-state index contributed by atoms with van der Waals surface area (Å²) in [4.78, 5) is 9.12. The van der Waals surface area contributed by atoms with Crippen molar-refractivity contribution in [1.82, 2.24) is 19.7 Å². The van der Waals surface area contributed by atoms with Gasteiger partial charge in [0.2, 0.25) is 15.9 Å². The molecule has 3 rings (SSSR count). The minimum atomic E-state index is -3.76. The van der Waals surface area contributed by atoms with E-state index in [-0.39, 0.29) is 10.1 Å². The molecule has 0 bridgehead atoms. The number of imidazole rings is 1. The molecule has 1 atom stereocenters. The van der Waals surface area contributed by atoms with Crippen molar-refractivity contribution in [3.05, 3.63) is 29.9 Å². The first-order valence-electron chi connectivity index (χ1n) is 8.85. The highest BCUT2D eigenvalue weighted by Crippen LogP contribution is 2.35. The first kappa shape index (κ1) is 19.8. The molecule has 0 unspecified atom stereocenters. The summed E-state index contributed by atoms with van der Waals surface area (Å²) < 4.78 is 30.6. The standard InChI is InChI=1S/C17H23N5O3S2/c1-4-6-7-15-20-16(25-21-15)11(3)26-17-19-13-10-12(27(18,23)24)8-9-14(13)22(17)5-2/h8-11H,4-7H2,1-3H3,(H2,18,23,24)/t11-/m0/s1. The van der Waals surface area contributed by atoms with E-state index < -0.39 is 10.0 Å². The topological polar surface area (TPSA) is 117 Å². The molecule has 3 aromatic rings. The fraction of sp³-hybridized carbons (Fsp3) is 0.471. The number of nitrogens with zero attached hydrogens (tertiary/aromatic N) is 4. The monoisotopic (exact) mass is 409 g/mol. The Bertz CT molecular complexity index is 1040. The molecular weight excluding hydrogens is 386 g/mol. The maximum Gasteiger partial charge on any atom is 0.239 e. The second kappa shape index (κ2) is 7.99. The van der Waals surface area contributed by atoms with E-state index in [4.69, 9.17) is 9.66 Å². The van der Waals surface area contributed by atoms with Crippen LogP contribution in [-0.4, -0.2) is 28.1 Å². The maximum absolute atomic E-state index is 11.6. The summed E-state index contributed by atoms with van der Waals surface area (Å²) in [5.74, 6) is 1.28. The molecule has 2 aromatic heterocycles. The van der Waals surface area contributed by atoms with E-state index in [1.165, 1.54) is 23.9 Å². The van der Waals surface area contributed by atoms with Gasteiger partial charge in [0.1, 0.15) is 0 Å². The molecule has 0 aliphatic carbocycles. The van der Waals surface area contributed by atoms with Crippen molar-refractivity contribution in [2.75, 3.05) is 0 Å². The quantitative estimate of drug-likeness (QED) is 0.567. The fourth-order valence-electron chi connectivity index (χ4n) is 2.74. The zero-order chi connectivity index (χ0) is 19.6. The van der Waals surface area contributed by atoms with Crippen LogP contribution in [-0.2, 0) is 23.0 Å². The van der Waals surface area contributed by atoms with Crippen molar-refractivity contribution in [2.24, 2.45) is 5.14 Å². The first-order valence-corrected chi connectivity index (χ1v) is 11.3. The van der Waals surface area contributed by atoms with Gasteiger partial charge in [-0.25, -0.2) is 18.5 Å². The predicted molar refractivity (Wildman–Crippen MR) is 104 cm³/mol. The highest BCUT2D eigenvalue weighted by Gasteiger charge is 2.20. The lowest BCUT2D eigenvalue weighted by Gasteiger charge is -2.08. The van der Waals surface area contributed by atoms with Crippen LogP contribution in [0, 0.1) is 0 Å². The minimum absolute atomic E-state index is 0.0535. The Balaban J connectivity index is 1.88. The molecule has 0 fully saturated rings. The van der Waals surface area contributed by atoms with E-state index >= 15 is 0 Å². The van der Waals surface area contributed by atoms with Gasteiger partial charge in [-0.05, 0) is 38.5 Å². The Morgan fingerprint density at radius 3 is 2.74 bits per heavy atom. The van der Waals surface area contributed by atoms with Gasteiger partial charge in [-0.3, -0.25) is 0 Å². The molecule has 27 heavy (non-hydrogen) atoms. The van der Waals surface area contributed by atoms with Crippen LogP contribution in [0.1, 0.15) is 50.6 Å². The van der Waals surface area contributed by atoms with Crippen LogP contribution in [0.4, 0.5) is 0 Å². The molecule has 0 spiro atoms. The number of hydrogen-bond donors (Lipinski definition) is 1. The van der Waals surface area contributed by atoms with Gasteiger partial charge >= 0.3 is 0 Å².